The van der Waals surface area contributed by atoms with Crippen LogP contribution in [0.15, 0.2) is 47.5 Å². The summed E-state index contributed by atoms with van der Waals surface area (Å²) in [6, 6.07) is 4.00. The number of hydrogen-bond donors (Lipinski definition) is 2. The van der Waals surface area contributed by atoms with Crippen molar-refractivity contribution in [1.82, 2.24) is 9.88 Å². The van der Waals surface area contributed by atoms with E-state index in [4.69, 9.17) is 4.99 Å². The number of pyridine rings is 1. The quantitative estimate of drug-likeness (QED) is 0.635. The summed E-state index contributed by atoms with van der Waals surface area (Å²) in [7, 11) is 0. The van der Waals surface area contributed by atoms with Crippen LogP contribution >= 0.6 is 0 Å². The van der Waals surface area contributed by atoms with Crippen LogP contribution in [0.4, 0.5) is 11.5 Å². The number of likely N-dealkylation sites (tertiary alicyclic amines) is 1. The van der Waals surface area contributed by atoms with E-state index in [0.717, 1.165) is 49.4 Å². The highest BCUT2D eigenvalue weighted by Gasteiger charge is 2.36. The molecule has 7 nitrogen and oxygen atoms in total. The number of carbonyl (C=O) groups is 1. The summed E-state index contributed by atoms with van der Waals surface area (Å²) in [5.41, 5.74) is 2.98. The number of allylic oxidation sites excluding steroid dienone is 2. The van der Waals surface area contributed by atoms with Gasteiger partial charge in [0, 0.05) is 32.0 Å². The summed E-state index contributed by atoms with van der Waals surface area (Å²) >= 11 is 0. The van der Waals surface area contributed by atoms with Crippen molar-refractivity contribution in [1.29, 1.82) is 0 Å². The van der Waals surface area contributed by atoms with E-state index in [0.29, 0.717) is 30.5 Å². The molecule has 1 aromatic heterocycles. The van der Waals surface area contributed by atoms with Crippen LogP contribution in [-0.2, 0) is 4.79 Å². The Labute approximate surface area is 203 Å². The first-order valence-electron chi connectivity index (χ1n) is 12.9. The smallest absolute Gasteiger partial charge is 0.227 e. The number of anilines is 2. The van der Waals surface area contributed by atoms with E-state index in [9.17, 15) is 9.90 Å². The van der Waals surface area contributed by atoms with Crippen LogP contribution in [0.1, 0.15) is 65.2 Å². The van der Waals surface area contributed by atoms with Gasteiger partial charge in [-0.1, -0.05) is 25.5 Å². The van der Waals surface area contributed by atoms with Gasteiger partial charge in [-0.3, -0.25) is 4.79 Å². The summed E-state index contributed by atoms with van der Waals surface area (Å²) in [4.78, 5) is 26.5. The molecule has 3 aliphatic rings. The topological polar surface area (TPSA) is 81.1 Å². The zero-order chi connectivity index (χ0) is 24.1. The third kappa shape index (κ3) is 5.52. The van der Waals surface area contributed by atoms with E-state index in [2.05, 4.69) is 27.8 Å². The molecule has 0 bridgehead atoms. The highest BCUT2D eigenvalue weighted by molar-refractivity contribution is 6.06. The molecule has 184 valence electrons. The molecule has 1 aromatic rings. The molecule has 34 heavy (non-hydrogen) atoms. The molecule has 1 atom stereocenters. The minimum atomic E-state index is -0.189. The third-order valence-electron chi connectivity index (χ3n) is 7.54. The van der Waals surface area contributed by atoms with E-state index in [1.807, 2.05) is 37.1 Å². The van der Waals surface area contributed by atoms with E-state index in [1.54, 1.807) is 0 Å². The normalized spacial score (nSPS) is 25.3. The molecule has 0 aromatic carbocycles. The Morgan fingerprint density at radius 1 is 1.24 bits per heavy atom. The van der Waals surface area contributed by atoms with Crippen LogP contribution in [0.25, 0.3) is 0 Å². The molecule has 1 unspecified atom stereocenters. The Morgan fingerprint density at radius 3 is 2.59 bits per heavy atom. The number of carbonyl (C=O) groups excluding carboxylic acids is 1. The van der Waals surface area contributed by atoms with Gasteiger partial charge in [0.05, 0.1) is 29.4 Å². The molecule has 0 radical (unpaired) electrons. The summed E-state index contributed by atoms with van der Waals surface area (Å²) in [6.45, 7) is 10.5. The number of hydrogen-bond acceptors (Lipinski definition) is 6. The van der Waals surface area contributed by atoms with Gasteiger partial charge < -0.3 is 20.2 Å². The highest BCUT2D eigenvalue weighted by atomic mass is 16.3. The Morgan fingerprint density at radius 2 is 1.97 bits per heavy atom. The molecular weight excluding hydrogens is 426 g/mol. The molecule has 3 heterocycles. The van der Waals surface area contributed by atoms with Gasteiger partial charge >= 0.3 is 0 Å². The van der Waals surface area contributed by atoms with Gasteiger partial charge in [-0.2, -0.15) is 0 Å². The van der Waals surface area contributed by atoms with Crippen molar-refractivity contribution in [2.24, 2.45) is 16.8 Å². The largest absolute Gasteiger partial charge is 0.393 e. The van der Waals surface area contributed by atoms with E-state index in [1.165, 1.54) is 25.7 Å². The van der Waals surface area contributed by atoms with Crippen LogP contribution in [-0.4, -0.2) is 52.3 Å². The Kier molecular flexibility index (Phi) is 8.03. The fourth-order valence-corrected chi connectivity index (χ4v) is 5.71. The lowest BCUT2D eigenvalue weighted by Gasteiger charge is -2.31. The molecule has 1 amide bonds. The van der Waals surface area contributed by atoms with Crippen molar-refractivity contribution >= 4 is 23.1 Å². The maximum absolute atomic E-state index is 12.8. The van der Waals surface area contributed by atoms with Crippen molar-refractivity contribution in [3.05, 3.63) is 42.5 Å². The first kappa shape index (κ1) is 24.5. The molecule has 0 spiro atoms. The number of rotatable bonds is 6. The molecule has 1 aliphatic carbocycles. The number of piperidine rings is 1. The van der Waals surface area contributed by atoms with E-state index >= 15 is 0 Å². The molecule has 2 N–H and O–H groups in total. The van der Waals surface area contributed by atoms with Gasteiger partial charge in [-0.25, -0.2) is 9.98 Å². The SMILES string of the molecule is C=C(N=C1/C(=C\C)N(CC)C(=O)CCC1C1CCCC1)Nc1ccc(N2CCC(O)CC2)cn1. The number of nitrogens with one attached hydrogen (secondary N) is 1. The van der Waals surface area contributed by atoms with Gasteiger partial charge in [-0.15, -0.1) is 0 Å². The molecule has 3 fully saturated rings. The van der Waals surface area contributed by atoms with Crippen LogP contribution in [0, 0.1) is 11.8 Å². The van der Waals surface area contributed by atoms with Gasteiger partial charge in [0.15, 0.2) is 0 Å². The summed E-state index contributed by atoms with van der Waals surface area (Å²) in [5, 5.41) is 13.0. The second-order valence-electron chi connectivity index (χ2n) is 9.69. The fraction of sp³-hybridized carbons (Fsp3) is 0.593. The van der Waals surface area contributed by atoms with Crippen LogP contribution in [0.2, 0.25) is 0 Å². The highest BCUT2D eigenvalue weighted by Crippen LogP contribution is 2.38. The van der Waals surface area contributed by atoms with Gasteiger partial charge in [0.1, 0.15) is 11.6 Å². The van der Waals surface area contributed by atoms with Crippen molar-refractivity contribution in [3.8, 4) is 0 Å². The number of aliphatic hydroxyl groups is 1. The van der Waals surface area contributed by atoms with Crippen LogP contribution < -0.4 is 10.2 Å². The summed E-state index contributed by atoms with van der Waals surface area (Å²) in [6.07, 6.45) is 11.6. The molecule has 1 saturated carbocycles. The first-order valence-corrected chi connectivity index (χ1v) is 12.9. The maximum atomic E-state index is 12.8. The first-order chi connectivity index (χ1) is 16.5. The molecule has 7 heteroatoms. The predicted octanol–water partition coefficient (Wildman–Crippen LogP) is 4.72. The van der Waals surface area contributed by atoms with Gasteiger partial charge in [-0.05, 0) is 64.0 Å². The average molecular weight is 466 g/mol. The zero-order valence-electron chi connectivity index (χ0n) is 20.7. The Bertz CT molecular complexity index is 925. The zero-order valence-corrected chi connectivity index (χ0v) is 20.7. The predicted molar refractivity (Wildman–Crippen MR) is 138 cm³/mol. The van der Waals surface area contributed by atoms with Crippen molar-refractivity contribution < 1.29 is 9.90 Å². The Hall–Kier alpha value is -2.67. The summed E-state index contributed by atoms with van der Waals surface area (Å²) < 4.78 is 0. The minimum absolute atomic E-state index is 0.185. The molecule has 2 saturated heterocycles. The van der Waals surface area contributed by atoms with Crippen molar-refractivity contribution in [2.45, 2.75) is 71.3 Å². The lowest BCUT2D eigenvalue weighted by atomic mass is 9.82. The lowest BCUT2D eigenvalue weighted by Crippen LogP contribution is -2.35. The van der Waals surface area contributed by atoms with Gasteiger partial charge in [0.25, 0.3) is 0 Å². The third-order valence-corrected chi connectivity index (χ3v) is 7.54. The number of amides is 1. The lowest BCUT2D eigenvalue weighted by molar-refractivity contribution is -0.128. The molecule has 4 rings (SSSR count). The average Bonchev–Trinajstić information content (AvgIpc) is 3.33. The number of aliphatic hydroxyl groups excluding tert-OH is 1. The number of aliphatic imine (C=N–C) groups is 1. The number of aromatic nitrogens is 1. The Balaban J connectivity index is 1.53. The van der Waals surface area contributed by atoms with Crippen LogP contribution in [0.5, 0.6) is 0 Å². The summed E-state index contributed by atoms with van der Waals surface area (Å²) in [5.74, 6) is 2.28. The van der Waals surface area contributed by atoms with Crippen LogP contribution in [0.3, 0.4) is 0 Å². The monoisotopic (exact) mass is 465 g/mol. The van der Waals surface area contributed by atoms with E-state index < -0.39 is 0 Å². The number of nitrogens with zero attached hydrogens (tertiary/aromatic N) is 4. The maximum Gasteiger partial charge on any atom is 0.227 e. The molecular formula is C27H39N5O2. The molecule has 2 aliphatic heterocycles. The second kappa shape index (κ2) is 11.2. The standard InChI is InChI=1S/C27H39N5O2/c1-4-24-27(23(20-8-6-7-9-20)11-13-26(34)32(24)5-2)30-19(3)29-25-12-10-21(18-28-25)31-16-14-22(33)15-17-31/h4,10,12,18,20,22-23,33H,3,5-9,11,13-17H2,1-2H3,(H,28,29)/b24-4+,30-27?. The fourth-order valence-electron chi connectivity index (χ4n) is 5.71. The minimum Gasteiger partial charge on any atom is -0.393 e. The van der Waals surface area contributed by atoms with E-state index in [-0.39, 0.29) is 17.9 Å². The van der Waals surface area contributed by atoms with Crippen molar-refractivity contribution in [2.75, 3.05) is 29.9 Å². The van der Waals surface area contributed by atoms with Gasteiger partial charge in [0.2, 0.25) is 5.91 Å². The van der Waals surface area contributed by atoms with Crippen molar-refractivity contribution in [3.63, 3.8) is 0 Å². The second-order valence-corrected chi connectivity index (χ2v) is 9.69.